The van der Waals surface area contributed by atoms with Gasteiger partial charge in [-0.3, -0.25) is 9.59 Å². The van der Waals surface area contributed by atoms with Crippen molar-refractivity contribution in [1.82, 2.24) is 10.6 Å². The predicted octanol–water partition coefficient (Wildman–Crippen LogP) is -2.88. The normalized spacial score (nSPS) is 15.0. The molecule has 4 N–H and O–H groups in total. The van der Waals surface area contributed by atoms with Crippen LogP contribution in [0.3, 0.4) is 0 Å². The fraction of sp³-hybridized carbons (Fsp3) is 0.500. The Bertz CT molecular complexity index is 104. The number of aliphatic hydroxyl groups excluding tert-OH is 2. The summed E-state index contributed by atoms with van der Waals surface area (Å²) >= 11 is 0. The van der Waals surface area contributed by atoms with Crippen molar-refractivity contribution >= 4 is 12.8 Å². The third-order valence-corrected chi connectivity index (χ3v) is 0.777. The maximum Gasteiger partial charge on any atom is 0.209 e. The number of aliphatic hydroxyl groups is 2. The molecule has 0 aliphatic rings. The number of nitrogens with one attached hydrogen (secondary N) is 2. The zero-order valence-corrected chi connectivity index (χ0v) is 5.02. The van der Waals surface area contributed by atoms with E-state index >= 15 is 0 Å². The maximum absolute atomic E-state index is 9.63. The molecule has 0 saturated heterocycles. The zero-order chi connectivity index (χ0) is 7.98. The van der Waals surface area contributed by atoms with Crippen LogP contribution in [0.4, 0.5) is 0 Å². The van der Waals surface area contributed by atoms with Crippen LogP contribution in [0.25, 0.3) is 0 Å². The standard InChI is InChI=1S/C4H8N2O4/c7-1-5-3(9)4(10)6-2-8/h1-4,9-10H,(H,5,7)(H,6,8)/t3-,4+. The van der Waals surface area contributed by atoms with Crippen LogP contribution < -0.4 is 10.6 Å². The quantitative estimate of drug-likeness (QED) is 0.248. The third-order valence-electron chi connectivity index (χ3n) is 0.777. The fourth-order valence-corrected chi connectivity index (χ4v) is 0.322. The Kier molecular flexibility index (Phi) is 4.17. The van der Waals surface area contributed by atoms with E-state index in [0.717, 1.165) is 0 Å². The van der Waals surface area contributed by atoms with Crippen LogP contribution in [0.2, 0.25) is 0 Å². The largest absolute Gasteiger partial charge is 0.369 e. The van der Waals surface area contributed by atoms with E-state index < -0.39 is 12.5 Å². The molecular weight excluding hydrogens is 140 g/mol. The predicted molar refractivity (Wildman–Crippen MR) is 30.4 cm³/mol. The van der Waals surface area contributed by atoms with E-state index in [2.05, 4.69) is 0 Å². The summed E-state index contributed by atoms with van der Waals surface area (Å²) in [5.74, 6) is 0. The Morgan fingerprint density at radius 2 is 1.30 bits per heavy atom. The first-order chi connectivity index (χ1) is 4.72. The van der Waals surface area contributed by atoms with E-state index in [1.165, 1.54) is 0 Å². The van der Waals surface area contributed by atoms with Gasteiger partial charge in [-0.15, -0.1) is 0 Å². The molecule has 0 aromatic rings. The minimum Gasteiger partial charge on any atom is -0.369 e. The van der Waals surface area contributed by atoms with Gasteiger partial charge in [-0.1, -0.05) is 0 Å². The minimum atomic E-state index is -1.47. The van der Waals surface area contributed by atoms with E-state index in [1.54, 1.807) is 0 Å². The molecule has 0 aliphatic carbocycles. The number of rotatable bonds is 5. The van der Waals surface area contributed by atoms with Crippen molar-refractivity contribution in [2.75, 3.05) is 0 Å². The van der Waals surface area contributed by atoms with Crippen LogP contribution >= 0.6 is 0 Å². The highest BCUT2D eigenvalue weighted by Crippen LogP contribution is 1.79. The van der Waals surface area contributed by atoms with Crippen molar-refractivity contribution in [2.24, 2.45) is 0 Å². The Labute approximate surface area is 56.8 Å². The van der Waals surface area contributed by atoms with Crippen molar-refractivity contribution in [3.63, 3.8) is 0 Å². The molecule has 10 heavy (non-hydrogen) atoms. The molecule has 0 aliphatic heterocycles. The van der Waals surface area contributed by atoms with Gasteiger partial charge in [-0.25, -0.2) is 0 Å². The average Bonchev–Trinajstić information content (AvgIpc) is 1.89. The molecule has 58 valence electrons. The SMILES string of the molecule is O=CN[C@@H](O)[C@@H](O)NC=O. The molecule has 0 fully saturated rings. The van der Waals surface area contributed by atoms with Crippen molar-refractivity contribution < 1.29 is 19.8 Å². The molecule has 0 saturated carbocycles. The van der Waals surface area contributed by atoms with Gasteiger partial charge in [-0.05, 0) is 0 Å². The van der Waals surface area contributed by atoms with Crippen molar-refractivity contribution in [1.29, 1.82) is 0 Å². The number of hydrogen-bond donors (Lipinski definition) is 4. The second-order valence-corrected chi connectivity index (χ2v) is 1.46. The Balaban J connectivity index is 3.56. The Morgan fingerprint density at radius 1 is 1.00 bits per heavy atom. The van der Waals surface area contributed by atoms with E-state index in [4.69, 9.17) is 10.2 Å². The first-order valence-electron chi connectivity index (χ1n) is 2.48. The fourth-order valence-electron chi connectivity index (χ4n) is 0.322. The molecule has 6 nitrogen and oxygen atoms in total. The summed E-state index contributed by atoms with van der Waals surface area (Å²) in [6, 6.07) is 0. The van der Waals surface area contributed by atoms with Crippen LogP contribution in [0.5, 0.6) is 0 Å². The van der Waals surface area contributed by atoms with Crippen LogP contribution in [0.1, 0.15) is 0 Å². The topological polar surface area (TPSA) is 98.7 Å². The van der Waals surface area contributed by atoms with Gasteiger partial charge in [0.05, 0.1) is 0 Å². The second-order valence-electron chi connectivity index (χ2n) is 1.46. The van der Waals surface area contributed by atoms with Crippen LogP contribution in [-0.2, 0) is 9.59 Å². The number of hydrogen-bond acceptors (Lipinski definition) is 4. The van der Waals surface area contributed by atoms with Crippen LogP contribution in [-0.4, -0.2) is 35.5 Å². The molecule has 2 amide bonds. The van der Waals surface area contributed by atoms with Gasteiger partial charge in [0.1, 0.15) is 0 Å². The van der Waals surface area contributed by atoms with Crippen LogP contribution in [0, 0.1) is 0 Å². The van der Waals surface area contributed by atoms with Crippen LogP contribution in [0.15, 0.2) is 0 Å². The molecule has 6 heteroatoms. The van der Waals surface area contributed by atoms with Gasteiger partial charge < -0.3 is 20.8 Å². The molecule has 2 atom stereocenters. The number of amides is 2. The van der Waals surface area contributed by atoms with E-state index in [-0.39, 0.29) is 12.8 Å². The summed E-state index contributed by atoms with van der Waals surface area (Å²) in [5, 5.41) is 20.9. The second kappa shape index (κ2) is 4.71. The molecule has 0 unspecified atom stereocenters. The molecule has 0 aromatic heterocycles. The molecule has 0 bridgehead atoms. The highest BCUT2D eigenvalue weighted by molar-refractivity contribution is 5.48. The van der Waals surface area contributed by atoms with Gasteiger partial charge in [-0.2, -0.15) is 0 Å². The number of carbonyl (C=O) groups excluding carboxylic acids is 2. The van der Waals surface area contributed by atoms with E-state index in [0.29, 0.717) is 0 Å². The highest BCUT2D eigenvalue weighted by Gasteiger charge is 2.12. The first kappa shape index (κ1) is 8.86. The zero-order valence-electron chi connectivity index (χ0n) is 5.02. The first-order valence-corrected chi connectivity index (χ1v) is 2.48. The van der Waals surface area contributed by atoms with Gasteiger partial charge in [0, 0.05) is 0 Å². The Morgan fingerprint density at radius 3 is 1.50 bits per heavy atom. The van der Waals surface area contributed by atoms with Gasteiger partial charge in [0.15, 0.2) is 12.5 Å². The summed E-state index contributed by atoms with van der Waals surface area (Å²) < 4.78 is 0. The summed E-state index contributed by atoms with van der Waals surface area (Å²) in [6.07, 6.45) is -2.52. The summed E-state index contributed by atoms with van der Waals surface area (Å²) in [4.78, 5) is 19.3. The lowest BCUT2D eigenvalue weighted by molar-refractivity contribution is -0.121. The summed E-state index contributed by atoms with van der Waals surface area (Å²) in [6.45, 7) is 0. The highest BCUT2D eigenvalue weighted by atomic mass is 16.4. The molecule has 0 rings (SSSR count). The molecular formula is C4H8N2O4. The average molecular weight is 148 g/mol. The van der Waals surface area contributed by atoms with Crippen molar-refractivity contribution in [3.05, 3.63) is 0 Å². The van der Waals surface area contributed by atoms with Gasteiger partial charge in [0.25, 0.3) is 0 Å². The summed E-state index contributed by atoms with van der Waals surface area (Å²) in [5.41, 5.74) is 0. The Hall–Kier alpha value is -1.14. The van der Waals surface area contributed by atoms with Crippen molar-refractivity contribution in [2.45, 2.75) is 12.5 Å². The van der Waals surface area contributed by atoms with Gasteiger partial charge >= 0.3 is 0 Å². The smallest absolute Gasteiger partial charge is 0.209 e. The van der Waals surface area contributed by atoms with Crippen molar-refractivity contribution in [3.8, 4) is 0 Å². The minimum absolute atomic E-state index is 0.209. The van der Waals surface area contributed by atoms with E-state index in [9.17, 15) is 9.59 Å². The lowest BCUT2D eigenvalue weighted by Crippen LogP contribution is -2.46. The van der Waals surface area contributed by atoms with E-state index in [1.807, 2.05) is 10.6 Å². The van der Waals surface area contributed by atoms with Gasteiger partial charge in [0.2, 0.25) is 12.8 Å². The third kappa shape index (κ3) is 3.00. The summed E-state index contributed by atoms with van der Waals surface area (Å²) in [7, 11) is 0. The lowest BCUT2D eigenvalue weighted by Gasteiger charge is -2.14. The lowest BCUT2D eigenvalue weighted by atomic mass is 10.5. The monoisotopic (exact) mass is 148 g/mol. The molecule has 0 radical (unpaired) electrons. The molecule has 0 spiro atoms. The maximum atomic E-state index is 9.63. The molecule has 0 heterocycles. The number of carbonyl (C=O) groups is 2. The molecule has 0 aromatic carbocycles.